The molecule has 3 aliphatic rings. The van der Waals surface area contributed by atoms with E-state index in [1.54, 1.807) is 6.92 Å². The molecule has 3 aliphatic carbocycles. The highest BCUT2D eigenvalue weighted by molar-refractivity contribution is 5.69. The molecule has 0 spiro atoms. The first kappa shape index (κ1) is 27.0. The Balaban J connectivity index is 1.55. The minimum Gasteiger partial charge on any atom is -0.436 e. The van der Waals surface area contributed by atoms with Crippen LogP contribution in [0.1, 0.15) is 118 Å². The van der Waals surface area contributed by atoms with Gasteiger partial charge in [0.1, 0.15) is 0 Å². The van der Waals surface area contributed by atoms with E-state index in [0.717, 1.165) is 48.9 Å². The van der Waals surface area contributed by atoms with Gasteiger partial charge in [-0.2, -0.15) is 0 Å². The normalized spacial score (nSPS) is 38.5. The predicted octanol–water partition coefficient (Wildman–Crippen LogP) is 7.13. The highest BCUT2D eigenvalue weighted by Crippen LogP contribution is 2.60. The van der Waals surface area contributed by atoms with Crippen molar-refractivity contribution in [2.24, 2.45) is 40.9 Å². The van der Waals surface area contributed by atoms with E-state index in [1.807, 2.05) is 6.92 Å². The summed E-state index contributed by atoms with van der Waals surface area (Å²) in [6.45, 7) is 11.5. The van der Waals surface area contributed by atoms with Crippen LogP contribution < -0.4 is 0 Å². The fraction of sp³-hybridized carbons (Fsp3) is 0.966. The molecule has 3 rings (SSSR count). The summed E-state index contributed by atoms with van der Waals surface area (Å²) in [6, 6.07) is 0. The van der Waals surface area contributed by atoms with E-state index in [1.165, 1.54) is 57.8 Å². The van der Waals surface area contributed by atoms with Gasteiger partial charge in [0.05, 0.1) is 6.10 Å². The Hall–Kier alpha value is -0.610. The van der Waals surface area contributed by atoms with Crippen LogP contribution >= 0.6 is 0 Å². The summed E-state index contributed by atoms with van der Waals surface area (Å²) in [7, 11) is 0. The molecule has 3 saturated carbocycles. The van der Waals surface area contributed by atoms with Gasteiger partial charge in [-0.15, -0.1) is 0 Å². The fourth-order valence-corrected chi connectivity index (χ4v) is 8.00. The number of unbranched alkanes of at least 4 members (excludes halogenated alkanes) is 1. The molecule has 0 aliphatic heterocycles. The molecule has 1 N–H and O–H groups in total. The summed E-state index contributed by atoms with van der Waals surface area (Å²) in [4.78, 5) is 12.2. The standard InChI is InChI=1S/C29H52O4/c1-6-8-9-27-26(14-13-24-19-25(30)16-17-29(24,27)5)23-12-11-22(18-23)20(3)10-15-28(31)33-21(4)32-7-2/h20-27,30H,6-19H2,1-5H3. The van der Waals surface area contributed by atoms with Crippen LogP contribution in [0.2, 0.25) is 0 Å². The summed E-state index contributed by atoms with van der Waals surface area (Å²) in [5.41, 5.74) is 0.433. The van der Waals surface area contributed by atoms with Gasteiger partial charge in [0.15, 0.2) is 6.29 Å². The topological polar surface area (TPSA) is 55.8 Å². The minimum absolute atomic E-state index is 0.0635. The van der Waals surface area contributed by atoms with Crippen molar-refractivity contribution < 1.29 is 19.4 Å². The molecule has 4 heteroatoms. The number of ether oxygens (including phenoxy) is 2. The summed E-state index contributed by atoms with van der Waals surface area (Å²) < 4.78 is 10.7. The molecule has 0 heterocycles. The molecule has 9 unspecified atom stereocenters. The van der Waals surface area contributed by atoms with Crippen molar-refractivity contribution in [1.29, 1.82) is 0 Å². The number of aliphatic hydroxyl groups excluding tert-OH is 1. The summed E-state index contributed by atoms with van der Waals surface area (Å²) in [5.74, 6) is 4.48. The predicted molar refractivity (Wildman–Crippen MR) is 134 cm³/mol. The molecule has 0 amide bonds. The SMILES string of the molecule is CCCCC1C(C2CCC(C(C)CCC(=O)OC(C)OCC)C2)CCC2CC(O)CCC21C. The van der Waals surface area contributed by atoms with Gasteiger partial charge in [-0.1, -0.05) is 33.6 Å². The molecule has 33 heavy (non-hydrogen) atoms. The summed E-state index contributed by atoms with van der Waals surface area (Å²) >= 11 is 0. The van der Waals surface area contributed by atoms with Crippen LogP contribution in [-0.2, 0) is 14.3 Å². The van der Waals surface area contributed by atoms with Crippen LogP contribution in [-0.4, -0.2) is 30.1 Å². The van der Waals surface area contributed by atoms with Gasteiger partial charge < -0.3 is 14.6 Å². The Morgan fingerprint density at radius 2 is 1.88 bits per heavy atom. The molecule has 9 atom stereocenters. The van der Waals surface area contributed by atoms with Crippen LogP contribution in [0.15, 0.2) is 0 Å². The molecular formula is C29H52O4. The van der Waals surface area contributed by atoms with E-state index in [0.29, 0.717) is 24.4 Å². The smallest absolute Gasteiger partial charge is 0.308 e. The average Bonchev–Trinajstić information content (AvgIpc) is 3.26. The number of esters is 1. The average molecular weight is 465 g/mol. The van der Waals surface area contributed by atoms with Crippen LogP contribution in [0.5, 0.6) is 0 Å². The lowest BCUT2D eigenvalue weighted by molar-refractivity contribution is -0.174. The maximum absolute atomic E-state index is 12.2. The van der Waals surface area contributed by atoms with E-state index in [2.05, 4.69) is 20.8 Å². The molecule has 0 bridgehead atoms. The molecular weight excluding hydrogens is 412 g/mol. The Kier molecular flexibility index (Phi) is 10.1. The van der Waals surface area contributed by atoms with E-state index >= 15 is 0 Å². The summed E-state index contributed by atoms with van der Waals surface area (Å²) in [5, 5.41) is 10.3. The lowest BCUT2D eigenvalue weighted by Crippen LogP contribution is -2.49. The van der Waals surface area contributed by atoms with Crippen molar-refractivity contribution in [2.75, 3.05) is 6.61 Å². The highest BCUT2D eigenvalue weighted by atomic mass is 16.7. The molecule has 0 aromatic heterocycles. The fourth-order valence-electron chi connectivity index (χ4n) is 8.00. The Labute approximate surface area is 203 Å². The number of carbonyl (C=O) groups excluding carboxylic acids is 1. The number of hydrogen-bond donors (Lipinski definition) is 1. The van der Waals surface area contributed by atoms with Gasteiger partial charge in [-0.3, -0.25) is 4.79 Å². The zero-order valence-electron chi connectivity index (χ0n) is 22.2. The lowest BCUT2D eigenvalue weighted by atomic mass is 9.49. The number of carbonyl (C=O) groups is 1. The van der Waals surface area contributed by atoms with Crippen molar-refractivity contribution in [3.05, 3.63) is 0 Å². The van der Waals surface area contributed by atoms with Crippen LogP contribution in [0.3, 0.4) is 0 Å². The minimum atomic E-state index is -0.439. The number of rotatable bonds is 11. The van der Waals surface area contributed by atoms with Gasteiger partial charge in [-0.25, -0.2) is 0 Å². The first-order valence-corrected chi connectivity index (χ1v) is 14.3. The first-order valence-electron chi connectivity index (χ1n) is 14.3. The van der Waals surface area contributed by atoms with Crippen molar-refractivity contribution in [3.63, 3.8) is 0 Å². The van der Waals surface area contributed by atoms with E-state index < -0.39 is 6.29 Å². The number of hydrogen-bond acceptors (Lipinski definition) is 4. The zero-order chi connectivity index (χ0) is 24.0. The third kappa shape index (κ3) is 6.75. The molecule has 4 nitrogen and oxygen atoms in total. The van der Waals surface area contributed by atoms with Crippen molar-refractivity contribution in [3.8, 4) is 0 Å². The Bertz CT molecular complexity index is 606. The second-order valence-corrected chi connectivity index (χ2v) is 12.0. The maximum Gasteiger partial charge on any atom is 0.308 e. The number of aliphatic hydroxyl groups is 1. The quantitative estimate of drug-likeness (QED) is 0.261. The molecule has 0 saturated heterocycles. The molecule has 0 aromatic carbocycles. The molecule has 3 fully saturated rings. The van der Waals surface area contributed by atoms with Gasteiger partial charge in [0.25, 0.3) is 0 Å². The second-order valence-electron chi connectivity index (χ2n) is 12.0. The van der Waals surface area contributed by atoms with Crippen LogP contribution in [0.4, 0.5) is 0 Å². The van der Waals surface area contributed by atoms with Gasteiger partial charge in [-0.05, 0) is 119 Å². The third-order valence-electron chi connectivity index (χ3n) is 10.0. The maximum atomic E-state index is 12.2. The Morgan fingerprint density at radius 3 is 2.61 bits per heavy atom. The van der Waals surface area contributed by atoms with Gasteiger partial charge in [0.2, 0.25) is 0 Å². The van der Waals surface area contributed by atoms with Crippen LogP contribution in [0, 0.1) is 40.9 Å². The van der Waals surface area contributed by atoms with E-state index in [-0.39, 0.29) is 12.1 Å². The summed E-state index contributed by atoms with van der Waals surface area (Å²) in [6.07, 6.45) is 14.9. The zero-order valence-corrected chi connectivity index (χ0v) is 22.2. The monoisotopic (exact) mass is 464 g/mol. The van der Waals surface area contributed by atoms with E-state index in [4.69, 9.17) is 9.47 Å². The third-order valence-corrected chi connectivity index (χ3v) is 10.0. The van der Waals surface area contributed by atoms with Gasteiger partial charge in [0, 0.05) is 13.0 Å². The molecule has 192 valence electrons. The van der Waals surface area contributed by atoms with Gasteiger partial charge >= 0.3 is 5.97 Å². The second kappa shape index (κ2) is 12.4. The largest absolute Gasteiger partial charge is 0.436 e. The van der Waals surface area contributed by atoms with Crippen LogP contribution in [0.25, 0.3) is 0 Å². The molecule has 0 aromatic rings. The van der Waals surface area contributed by atoms with E-state index in [9.17, 15) is 9.90 Å². The first-order chi connectivity index (χ1) is 15.8. The Morgan fingerprint density at radius 1 is 1.09 bits per heavy atom. The highest BCUT2D eigenvalue weighted by Gasteiger charge is 2.52. The number of fused-ring (bicyclic) bond motifs is 1. The lowest BCUT2D eigenvalue weighted by Gasteiger charge is -2.56. The molecule has 0 radical (unpaired) electrons. The van der Waals surface area contributed by atoms with Crippen molar-refractivity contribution in [1.82, 2.24) is 0 Å². The van der Waals surface area contributed by atoms with Crippen molar-refractivity contribution >= 4 is 5.97 Å². The van der Waals surface area contributed by atoms with Crippen molar-refractivity contribution in [2.45, 2.75) is 130 Å².